The average molecular weight is 239 g/mol. The molecule has 0 aromatic carbocycles. The van der Waals surface area contributed by atoms with Crippen molar-refractivity contribution in [3.63, 3.8) is 0 Å². The molecule has 0 saturated carbocycles. The molecule has 2 atom stereocenters. The van der Waals surface area contributed by atoms with E-state index in [9.17, 15) is 0 Å². The van der Waals surface area contributed by atoms with Gasteiger partial charge in [-0.1, -0.05) is 18.6 Å². The summed E-state index contributed by atoms with van der Waals surface area (Å²) in [6.07, 6.45) is 3.58. The highest BCUT2D eigenvalue weighted by Gasteiger charge is 2.24. The molecule has 1 rings (SSSR count). The Morgan fingerprint density at radius 1 is 1.35 bits per heavy atom. The Labute approximate surface area is 107 Å². The zero-order chi connectivity index (χ0) is 12.8. The molecule has 0 amide bonds. The maximum Gasteiger partial charge on any atom is 0.0267 e. The summed E-state index contributed by atoms with van der Waals surface area (Å²) < 4.78 is 0. The number of likely N-dealkylation sites (N-methyl/N-ethyl adjacent to an activating group) is 3. The Hall–Kier alpha value is -0.380. The minimum Gasteiger partial charge on any atom is -0.311 e. The zero-order valence-electron chi connectivity index (χ0n) is 12.2. The molecule has 1 N–H and O–H groups in total. The van der Waals surface area contributed by atoms with Gasteiger partial charge in [0.05, 0.1) is 0 Å². The maximum atomic E-state index is 3.58. The minimum absolute atomic E-state index is 0.518. The first-order valence-electron chi connectivity index (χ1n) is 6.80. The molecule has 0 radical (unpaired) electrons. The van der Waals surface area contributed by atoms with Crippen LogP contribution in [0.2, 0.25) is 0 Å². The summed E-state index contributed by atoms with van der Waals surface area (Å²) in [7, 11) is 4.48. The number of allylic oxidation sites excluding steroid dienone is 1. The summed E-state index contributed by atoms with van der Waals surface area (Å²) in [6, 6.07) is 1.19. The van der Waals surface area contributed by atoms with Crippen LogP contribution >= 0.6 is 0 Å². The van der Waals surface area contributed by atoms with Crippen LogP contribution in [0, 0.1) is 0 Å². The standard InChI is InChI=1S/C14H29N3/c1-6-15-13(9-12(2)3)10-14-11-16(4)7-8-17(14)5/h9,13-15H,6-8,10-11H2,1-5H3. The third kappa shape index (κ3) is 5.19. The van der Waals surface area contributed by atoms with Crippen LogP contribution < -0.4 is 5.32 Å². The summed E-state index contributed by atoms with van der Waals surface area (Å²) >= 11 is 0. The number of hydrogen-bond acceptors (Lipinski definition) is 3. The van der Waals surface area contributed by atoms with E-state index >= 15 is 0 Å². The Balaban J connectivity index is 2.55. The summed E-state index contributed by atoms with van der Waals surface area (Å²) in [5.41, 5.74) is 1.41. The smallest absolute Gasteiger partial charge is 0.0267 e. The van der Waals surface area contributed by atoms with Gasteiger partial charge in [-0.25, -0.2) is 0 Å². The highest BCUT2D eigenvalue weighted by molar-refractivity contribution is 5.02. The summed E-state index contributed by atoms with van der Waals surface area (Å²) in [6.45, 7) is 11.2. The van der Waals surface area contributed by atoms with Crippen molar-refractivity contribution in [1.29, 1.82) is 0 Å². The van der Waals surface area contributed by atoms with E-state index in [4.69, 9.17) is 0 Å². The second kappa shape index (κ2) is 7.14. The van der Waals surface area contributed by atoms with Gasteiger partial charge in [0.1, 0.15) is 0 Å². The summed E-state index contributed by atoms with van der Waals surface area (Å²) in [4.78, 5) is 4.94. The number of rotatable bonds is 5. The van der Waals surface area contributed by atoms with Gasteiger partial charge in [-0.2, -0.15) is 0 Å². The molecular weight excluding hydrogens is 210 g/mol. The van der Waals surface area contributed by atoms with Crippen molar-refractivity contribution in [3.05, 3.63) is 11.6 Å². The fourth-order valence-corrected chi connectivity index (χ4v) is 2.52. The quantitative estimate of drug-likeness (QED) is 0.735. The highest BCUT2D eigenvalue weighted by atomic mass is 15.3. The first kappa shape index (κ1) is 14.7. The van der Waals surface area contributed by atoms with Crippen molar-refractivity contribution in [2.45, 2.75) is 39.3 Å². The third-order valence-electron chi connectivity index (χ3n) is 3.51. The molecule has 0 aromatic rings. The summed E-state index contributed by atoms with van der Waals surface area (Å²) in [5, 5.41) is 3.58. The molecule has 2 unspecified atom stereocenters. The van der Waals surface area contributed by atoms with Gasteiger partial charge < -0.3 is 15.1 Å². The first-order valence-corrected chi connectivity index (χ1v) is 6.80. The van der Waals surface area contributed by atoms with Gasteiger partial charge in [-0.15, -0.1) is 0 Å². The van der Waals surface area contributed by atoms with Gasteiger partial charge in [-0.3, -0.25) is 0 Å². The molecule has 3 nitrogen and oxygen atoms in total. The lowest BCUT2D eigenvalue weighted by molar-refractivity contribution is 0.104. The molecule has 3 heteroatoms. The minimum atomic E-state index is 0.518. The van der Waals surface area contributed by atoms with E-state index in [2.05, 4.69) is 56.1 Å². The molecule has 0 bridgehead atoms. The Bertz CT molecular complexity index is 246. The van der Waals surface area contributed by atoms with Crippen molar-refractivity contribution < 1.29 is 0 Å². The second-order valence-corrected chi connectivity index (χ2v) is 5.54. The fourth-order valence-electron chi connectivity index (χ4n) is 2.52. The van der Waals surface area contributed by atoms with E-state index in [1.165, 1.54) is 31.6 Å². The predicted molar refractivity (Wildman–Crippen MR) is 75.4 cm³/mol. The van der Waals surface area contributed by atoms with Gasteiger partial charge in [0.25, 0.3) is 0 Å². The normalized spacial score (nSPS) is 24.6. The van der Waals surface area contributed by atoms with Crippen LogP contribution in [0.5, 0.6) is 0 Å². The first-order chi connectivity index (χ1) is 8.02. The lowest BCUT2D eigenvalue weighted by Gasteiger charge is -2.39. The van der Waals surface area contributed by atoms with Gasteiger partial charge in [0, 0.05) is 31.7 Å². The summed E-state index contributed by atoms with van der Waals surface area (Å²) in [5.74, 6) is 0. The second-order valence-electron chi connectivity index (χ2n) is 5.54. The zero-order valence-corrected chi connectivity index (χ0v) is 12.2. The van der Waals surface area contributed by atoms with Crippen molar-refractivity contribution in [2.24, 2.45) is 0 Å². The monoisotopic (exact) mass is 239 g/mol. The lowest BCUT2D eigenvalue weighted by Crippen LogP contribution is -2.52. The number of nitrogens with one attached hydrogen (secondary N) is 1. The van der Waals surface area contributed by atoms with E-state index in [1.807, 2.05) is 0 Å². The third-order valence-corrected chi connectivity index (χ3v) is 3.51. The Morgan fingerprint density at radius 3 is 2.65 bits per heavy atom. The van der Waals surface area contributed by atoms with Crippen molar-refractivity contribution in [1.82, 2.24) is 15.1 Å². The van der Waals surface area contributed by atoms with E-state index in [1.54, 1.807) is 0 Å². The van der Waals surface area contributed by atoms with E-state index in [0.717, 1.165) is 6.54 Å². The molecule has 1 heterocycles. The van der Waals surface area contributed by atoms with Crippen LogP contribution in [0.1, 0.15) is 27.2 Å². The molecule has 0 spiro atoms. The van der Waals surface area contributed by atoms with Crippen LogP contribution in [0.15, 0.2) is 11.6 Å². The van der Waals surface area contributed by atoms with E-state index < -0.39 is 0 Å². The van der Waals surface area contributed by atoms with Crippen LogP contribution in [0.4, 0.5) is 0 Å². The fraction of sp³-hybridized carbons (Fsp3) is 0.857. The Morgan fingerprint density at radius 2 is 2.06 bits per heavy atom. The molecule has 1 saturated heterocycles. The number of piperazine rings is 1. The van der Waals surface area contributed by atoms with Crippen LogP contribution in [0.25, 0.3) is 0 Å². The number of nitrogens with zero attached hydrogens (tertiary/aromatic N) is 2. The van der Waals surface area contributed by atoms with Crippen molar-refractivity contribution in [3.8, 4) is 0 Å². The predicted octanol–water partition coefficient (Wildman–Crippen LogP) is 1.57. The molecule has 17 heavy (non-hydrogen) atoms. The highest BCUT2D eigenvalue weighted by Crippen LogP contribution is 2.13. The van der Waals surface area contributed by atoms with Gasteiger partial charge in [-0.05, 0) is 40.9 Å². The topological polar surface area (TPSA) is 18.5 Å². The van der Waals surface area contributed by atoms with E-state index in [0.29, 0.717) is 12.1 Å². The molecule has 100 valence electrons. The number of hydrogen-bond donors (Lipinski definition) is 1. The average Bonchev–Trinajstić information content (AvgIpc) is 2.23. The van der Waals surface area contributed by atoms with Crippen LogP contribution in [-0.4, -0.2) is 62.2 Å². The van der Waals surface area contributed by atoms with E-state index in [-0.39, 0.29) is 0 Å². The van der Waals surface area contributed by atoms with Crippen LogP contribution in [-0.2, 0) is 0 Å². The SMILES string of the molecule is CCNC(C=C(C)C)CC1CN(C)CCN1C. The molecule has 1 fully saturated rings. The van der Waals surface area contributed by atoms with Gasteiger partial charge in [0.2, 0.25) is 0 Å². The molecule has 1 aliphatic heterocycles. The van der Waals surface area contributed by atoms with Crippen LogP contribution in [0.3, 0.4) is 0 Å². The lowest BCUT2D eigenvalue weighted by atomic mass is 10.0. The van der Waals surface area contributed by atoms with Gasteiger partial charge >= 0.3 is 0 Å². The molecule has 1 aliphatic rings. The molecule has 0 aromatic heterocycles. The Kier molecular flexibility index (Phi) is 6.17. The molecule has 0 aliphatic carbocycles. The largest absolute Gasteiger partial charge is 0.311 e. The van der Waals surface area contributed by atoms with Crippen molar-refractivity contribution in [2.75, 3.05) is 40.3 Å². The molecular formula is C14H29N3. The maximum absolute atomic E-state index is 3.58. The van der Waals surface area contributed by atoms with Crippen molar-refractivity contribution >= 4 is 0 Å². The van der Waals surface area contributed by atoms with Gasteiger partial charge in [0.15, 0.2) is 0 Å².